The number of carbonyl (C=O) groups is 1. The lowest BCUT2D eigenvalue weighted by Gasteiger charge is -2.15. The summed E-state index contributed by atoms with van der Waals surface area (Å²) in [6.45, 7) is 1.44. The molecule has 2 heterocycles. The molecule has 0 N–H and O–H groups in total. The summed E-state index contributed by atoms with van der Waals surface area (Å²) in [5.41, 5.74) is 0.0961. The minimum atomic E-state index is -0.560. The second kappa shape index (κ2) is 4.26. The maximum absolute atomic E-state index is 13.3. The van der Waals surface area contributed by atoms with Crippen LogP contribution in [0.1, 0.15) is 23.2 Å². The normalized spacial score (nSPS) is 15.7. The van der Waals surface area contributed by atoms with Crippen LogP contribution in [0.4, 0.5) is 4.39 Å². The molecule has 1 aliphatic rings. The van der Waals surface area contributed by atoms with Crippen LogP contribution in [0.2, 0.25) is 0 Å². The fourth-order valence-corrected chi connectivity index (χ4v) is 2.00. The molecule has 1 aromatic heterocycles. The molecule has 0 atom stereocenters. The lowest BCUT2D eigenvalue weighted by Crippen LogP contribution is -2.28. The monoisotopic (exact) mass is 272 g/mol. The quantitative estimate of drug-likeness (QED) is 0.735. The maximum Gasteiger partial charge on any atom is 0.256 e. The molecule has 1 amide bonds. The molecule has 0 radical (unpaired) electrons. The van der Waals surface area contributed by atoms with Gasteiger partial charge in [0.2, 0.25) is 0 Å². The number of aromatic nitrogens is 1. The highest BCUT2D eigenvalue weighted by atomic mass is 79.9. The summed E-state index contributed by atoms with van der Waals surface area (Å²) in [7, 11) is 0. The van der Waals surface area contributed by atoms with E-state index in [1.807, 2.05) is 0 Å². The molecule has 1 aliphatic heterocycles. The Morgan fingerprint density at radius 3 is 2.80 bits per heavy atom. The molecule has 0 saturated carbocycles. The van der Waals surface area contributed by atoms with Crippen LogP contribution < -0.4 is 0 Å². The van der Waals surface area contributed by atoms with E-state index in [9.17, 15) is 9.18 Å². The molecule has 1 aromatic rings. The zero-order valence-corrected chi connectivity index (χ0v) is 9.63. The second-order valence-corrected chi connectivity index (χ2v) is 4.30. The van der Waals surface area contributed by atoms with E-state index in [2.05, 4.69) is 20.9 Å². The molecule has 2 rings (SSSR count). The molecular formula is C10H10BrFN2O. The Bertz CT molecular complexity index is 391. The van der Waals surface area contributed by atoms with Crippen LogP contribution in [0.25, 0.3) is 0 Å². The first-order chi connectivity index (χ1) is 7.18. The van der Waals surface area contributed by atoms with Gasteiger partial charge in [0, 0.05) is 13.1 Å². The molecule has 1 saturated heterocycles. The van der Waals surface area contributed by atoms with Gasteiger partial charge in [-0.2, -0.15) is 0 Å². The van der Waals surface area contributed by atoms with Gasteiger partial charge in [0.15, 0.2) is 5.82 Å². The van der Waals surface area contributed by atoms with Crippen molar-refractivity contribution in [3.8, 4) is 0 Å². The summed E-state index contributed by atoms with van der Waals surface area (Å²) >= 11 is 3.12. The van der Waals surface area contributed by atoms with Gasteiger partial charge in [-0.15, -0.1) is 0 Å². The van der Waals surface area contributed by atoms with Gasteiger partial charge in [0.1, 0.15) is 4.60 Å². The summed E-state index contributed by atoms with van der Waals surface area (Å²) < 4.78 is 13.8. The Labute approximate surface area is 95.4 Å². The number of rotatable bonds is 1. The third-order valence-corrected chi connectivity index (χ3v) is 2.88. The zero-order chi connectivity index (χ0) is 10.8. The summed E-state index contributed by atoms with van der Waals surface area (Å²) in [4.78, 5) is 17.2. The van der Waals surface area contributed by atoms with Crippen molar-refractivity contribution in [1.29, 1.82) is 0 Å². The Balaban J connectivity index is 2.27. The van der Waals surface area contributed by atoms with Gasteiger partial charge in [-0.1, -0.05) is 0 Å². The highest BCUT2D eigenvalue weighted by Crippen LogP contribution is 2.17. The first-order valence-corrected chi connectivity index (χ1v) is 5.58. The van der Waals surface area contributed by atoms with Crippen molar-refractivity contribution in [2.75, 3.05) is 13.1 Å². The first-order valence-electron chi connectivity index (χ1n) is 4.79. The van der Waals surface area contributed by atoms with Crippen molar-refractivity contribution in [3.05, 3.63) is 28.2 Å². The van der Waals surface area contributed by atoms with Crippen LogP contribution in [0.3, 0.4) is 0 Å². The van der Waals surface area contributed by atoms with Crippen molar-refractivity contribution < 1.29 is 9.18 Å². The molecule has 5 heteroatoms. The Morgan fingerprint density at radius 1 is 1.47 bits per heavy atom. The predicted octanol–water partition coefficient (Wildman–Crippen LogP) is 2.22. The number of hydrogen-bond acceptors (Lipinski definition) is 2. The van der Waals surface area contributed by atoms with Crippen LogP contribution in [0, 0.1) is 5.82 Å². The van der Waals surface area contributed by atoms with Crippen molar-refractivity contribution >= 4 is 21.8 Å². The predicted molar refractivity (Wildman–Crippen MR) is 57.0 cm³/mol. The molecule has 0 aromatic carbocycles. The van der Waals surface area contributed by atoms with Gasteiger partial charge in [-0.25, -0.2) is 9.37 Å². The highest BCUT2D eigenvalue weighted by Gasteiger charge is 2.22. The minimum Gasteiger partial charge on any atom is -0.339 e. The van der Waals surface area contributed by atoms with Crippen LogP contribution in [0.15, 0.2) is 16.9 Å². The maximum atomic E-state index is 13.3. The molecular weight excluding hydrogens is 263 g/mol. The lowest BCUT2D eigenvalue weighted by atomic mass is 10.2. The molecule has 80 valence electrons. The summed E-state index contributed by atoms with van der Waals surface area (Å²) in [5.74, 6) is -0.803. The van der Waals surface area contributed by atoms with Crippen LogP contribution in [-0.4, -0.2) is 28.9 Å². The number of carbonyl (C=O) groups excluding carboxylic acids is 1. The van der Waals surface area contributed by atoms with Gasteiger partial charge in [-0.05, 0) is 34.8 Å². The number of amides is 1. The fourth-order valence-electron chi connectivity index (χ4n) is 1.67. The number of nitrogens with zero attached hydrogens (tertiary/aromatic N) is 2. The van der Waals surface area contributed by atoms with Crippen LogP contribution >= 0.6 is 15.9 Å². The third-order valence-electron chi connectivity index (χ3n) is 2.45. The van der Waals surface area contributed by atoms with E-state index in [4.69, 9.17) is 0 Å². The second-order valence-electron chi connectivity index (χ2n) is 3.49. The average molecular weight is 273 g/mol. The average Bonchev–Trinajstić information content (AvgIpc) is 2.74. The van der Waals surface area contributed by atoms with Crippen molar-refractivity contribution in [1.82, 2.24) is 9.88 Å². The van der Waals surface area contributed by atoms with Crippen molar-refractivity contribution in [3.63, 3.8) is 0 Å². The molecule has 15 heavy (non-hydrogen) atoms. The van der Waals surface area contributed by atoms with Crippen LogP contribution in [0.5, 0.6) is 0 Å². The number of halogens is 2. The SMILES string of the molecule is O=C(c1cc(Br)ncc1F)N1CCCC1. The standard InChI is InChI=1S/C10H10BrFN2O/c11-9-5-7(8(12)6-13-9)10(15)14-3-1-2-4-14/h5-6H,1-4H2. The van der Waals surface area contributed by atoms with E-state index in [1.54, 1.807) is 4.90 Å². The largest absolute Gasteiger partial charge is 0.339 e. The van der Waals surface area contributed by atoms with E-state index < -0.39 is 5.82 Å². The Morgan fingerprint density at radius 2 is 2.13 bits per heavy atom. The number of pyridine rings is 1. The summed E-state index contributed by atoms with van der Waals surface area (Å²) in [6, 6.07) is 1.43. The molecule has 0 unspecified atom stereocenters. The smallest absolute Gasteiger partial charge is 0.256 e. The fraction of sp³-hybridized carbons (Fsp3) is 0.400. The number of hydrogen-bond donors (Lipinski definition) is 0. The molecule has 3 nitrogen and oxygen atoms in total. The van der Waals surface area contributed by atoms with E-state index in [1.165, 1.54) is 6.07 Å². The van der Waals surface area contributed by atoms with Gasteiger partial charge < -0.3 is 4.90 Å². The van der Waals surface area contributed by atoms with Crippen molar-refractivity contribution in [2.45, 2.75) is 12.8 Å². The topological polar surface area (TPSA) is 33.2 Å². The van der Waals surface area contributed by atoms with E-state index >= 15 is 0 Å². The van der Waals surface area contributed by atoms with Gasteiger partial charge in [-0.3, -0.25) is 4.79 Å². The van der Waals surface area contributed by atoms with E-state index in [-0.39, 0.29) is 11.5 Å². The van der Waals surface area contributed by atoms with Gasteiger partial charge in [0.05, 0.1) is 11.8 Å². The number of likely N-dealkylation sites (tertiary alicyclic amines) is 1. The Hall–Kier alpha value is -0.970. The summed E-state index contributed by atoms with van der Waals surface area (Å²) in [6.07, 6.45) is 3.06. The summed E-state index contributed by atoms with van der Waals surface area (Å²) in [5, 5.41) is 0. The molecule has 0 bridgehead atoms. The molecule has 1 fully saturated rings. The van der Waals surface area contributed by atoms with E-state index in [0.717, 1.165) is 32.1 Å². The first kappa shape index (κ1) is 10.5. The molecule has 0 spiro atoms. The van der Waals surface area contributed by atoms with E-state index in [0.29, 0.717) is 4.60 Å². The third kappa shape index (κ3) is 2.17. The zero-order valence-electron chi connectivity index (χ0n) is 8.04. The minimum absolute atomic E-state index is 0.0961. The Kier molecular flexibility index (Phi) is 3.00. The van der Waals surface area contributed by atoms with Gasteiger partial charge in [0.25, 0.3) is 5.91 Å². The van der Waals surface area contributed by atoms with Gasteiger partial charge >= 0.3 is 0 Å². The molecule has 0 aliphatic carbocycles. The van der Waals surface area contributed by atoms with Crippen LogP contribution in [-0.2, 0) is 0 Å². The van der Waals surface area contributed by atoms with Crippen molar-refractivity contribution in [2.24, 2.45) is 0 Å². The highest BCUT2D eigenvalue weighted by molar-refractivity contribution is 9.10. The lowest BCUT2D eigenvalue weighted by molar-refractivity contribution is 0.0788.